The molecule has 0 atom stereocenters. The molecule has 1 heterocycles. The first kappa shape index (κ1) is 23.4. The number of hydrogen-bond acceptors (Lipinski definition) is 6. The van der Waals surface area contributed by atoms with Crippen LogP contribution in [0.1, 0.15) is 12.5 Å². The third-order valence-corrected chi connectivity index (χ3v) is 7.26. The molecule has 8 heteroatoms. The maximum Gasteiger partial charge on any atom is 0.211 e. The van der Waals surface area contributed by atoms with Gasteiger partial charge in [-0.05, 0) is 67.1 Å². The molecule has 0 aliphatic rings. The van der Waals surface area contributed by atoms with Gasteiger partial charge in [-0.3, -0.25) is 4.79 Å². The molecule has 0 aliphatic carbocycles. The Morgan fingerprint density at radius 1 is 0.824 bits per heavy atom. The fourth-order valence-electron chi connectivity index (χ4n) is 3.74. The zero-order chi connectivity index (χ0) is 24.3. The minimum Gasteiger partial charge on any atom is -0.497 e. The predicted molar refractivity (Wildman–Crippen MR) is 130 cm³/mol. The van der Waals surface area contributed by atoms with E-state index in [-0.39, 0.29) is 15.2 Å². The summed E-state index contributed by atoms with van der Waals surface area (Å²) in [5, 5.41) is 0.264. The van der Waals surface area contributed by atoms with E-state index in [4.69, 9.17) is 14.2 Å². The number of nitrogens with zero attached hydrogens (tertiary/aromatic N) is 1. The topological polar surface area (TPSA) is 83.8 Å². The molecule has 4 rings (SSSR count). The summed E-state index contributed by atoms with van der Waals surface area (Å²) in [4.78, 5) is 13.1. The molecule has 7 nitrogen and oxygen atoms in total. The first-order valence-corrected chi connectivity index (χ1v) is 12.2. The van der Waals surface area contributed by atoms with Crippen LogP contribution in [-0.2, 0) is 16.4 Å². The van der Waals surface area contributed by atoms with Crippen molar-refractivity contribution in [3.05, 3.63) is 88.7 Å². The van der Waals surface area contributed by atoms with E-state index in [0.717, 1.165) is 11.3 Å². The standard InChI is InChI=1S/C26H25NO6S/c1-4-33-20-9-12-22(13-10-20)34(29,30)25-17-27(16-18-5-7-19(31-2)8-6-18)24-14-11-21(32-3)15-23(24)26(25)28/h5-15,17H,4,16H2,1-3H3. The van der Waals surface area contributed by atoms with Gasteiger partial charge in [0.2, 0.25) is 15.3 Å². The molecule has 0 amide bonds. The SMILES string of the molecule is CCOc1ccc(S(=O)(=O)c2cn(Cc3ccc(OC)cc3)c3ccc(OC)cc3c2=O)cc1. The van der Waals surface area contributed by atoms with E-state index in [2.05, 4.69) is 0 Å². The van der Waals surface area contributed by atoms with E-state index >= 15 is 0 Å². The van der Waals surface area contributed by atoms with Crippen molar-refractivity contribution in [3.63, 3.8) is 0 Å². The summed E-state index contributed by atoms with van der Waals surface area (Å²) < 4.78 is 44.7. The van der Waals surface area contributed by atoms with Gasteiger partial charge in [-0.25, -0.2) is 8.42 Å². The van der Waals surface area contributed by atoms with Crippen LogP contribution in [0.25, 0.3) is 10.9 Å². The van der Waals surface area contributed by atoms with Crippen molar-refractivity contribution in [1.29, 1.82) is 0 Å². The molecule has 0 fully saturated rings. The second kappa shape index (κ2) is 9.61. The Labute approximate surface area is 198 Å². The highest BCUT2D eigenvalue weighted by atomic mass is 32.2. The van der Waals surface area contributed by atoms with Crippen LogP contribution in [0.2, 0.25) is 0 Å². The van der Waals surface area contributed by atoms with Crippen LogP contribution in [0.4, 0.5) is 0 Å². The van der Waals surface area contributed by atoms with Crippen molar-refractivity contribution < 1.29 is 22.6 Å². The zero-order valence-corrected chi connectivity index (χ0v) is 20.0. The Morgan fingerprint density at radius 3 is 2.06 bits per heavy atom. The highest BCUT2D eigenvalue weighted by Crippen LogP contribution is 2.26. The quantitative estimate of drug-likeness (QED) is 0.375. The van der Waals surface area contributed by atoms with Crippen molar-refractivity contribution in [2.45, 2.75) is 23.3 Å². The minimum atomic E-state index is -4.09. The molecule has 0 bridgehead atoms. The summed E-state index contributed by atoms with van der Waals surface area (Å²) in [6.45, 7) is 2.67. The van der Waals surface area contributed by atoms with Crippen LogP contribution >= 0.6 is 0 Å². The number of hydrogen-bond donors (Lipinski definition) is 0. The number of sulfone groups is 1. The van der Waals surface area contributed by atoms with Gasteiger partial charge in [0.05, 0.1) is 36.6 Å². The van der Waals surface area contributed by atoms with E-state index < -0.39 is 15.3 Å². The third kappa shape index (κ3) is 4.49. The van der Waals surface area contributed by atoms with Crippen molar-refractivity contribution in [2.24, 2.45) is 0 Å². The molecule has 0 unspecified atom stereocenters. The second-order valence-corrected chi connectivity index (χ2v) is 9.51. The van der Waals surface area contributed by atoms with Gasteiger partial charge in [-0.1, -0.05) is 12.1 Å². The van der Waals surface area contributed by atoms with Gasteiger partial charge in [0.25, 0.3) is 0 Å². The van der Waals surface area contributed by atoms with E-state index in [0.29, 0.717) is 30.2 Å². The van der Waals surface area contributed by atoms with Crippen molar-refractivity contribution in [3.8, 4) is 17.2 Å². The smallest absolute Gasteiger partial charge is 0.211 e. The number of fused-ring (bicyclic) bond motifs is 1. The summed E-state index contributed by atoms with van der Waals surface area (Å²) in [5.41, 5.74) is 0.951. The number of methoxy groups -OCH3 is 2. The number of pyridine rings is 1. The molecule has 4 aromatic rings. The molecule has 0 radical (unpaired) electrons. The average Bonchev–Trinajstić information content (AvgIpc) is 2.86. The van der Waals surface area contributed by atoms with Gasteiger partial charge in [0, 0.05) is 12.7 Å². The molecule has 0 saturated heterocycles. The molecule has 0 N–H and O–H groups in total. The lowest BCUT2D eigenvalue weighted by Gasteiger charge is -2.15. The molecule has 0 spiro atoms. The number of ether oxygens (including phenoxy) is 3. The summed E-state index contributed by atoms with van der Waals surface area (Å²) in [6, 6.07) is 18.6. The van der Waals surface area contributed by atoms with Gasteiger partial charge >= 0.3 is 0 Å². The van der Waals surface area contributed by atoms with Crippen molar-refractivity contribution >= 4 is 20.7 Å². The fourth-order valence-corrected chi connectivity index (χ4v) is 5.10. The Morgan fingerprint density at radius 2 is 1.44 bits per heavy atom. The summed E-state index contributed by atoms with van der Waals surface area (Å²) in [5.74, 6) is 1.75. The zero-order valence-electron chi connectivity index (χ0n) is 19.1. The Kier molecular flexibility index (Phi) is 6.61. The summed E-state index contributed by atoms with van der Waals surface area (Å²) in [6.07, 6.45) is 1.41. The maximum atomic E-state index is 13.5. The first-order valence-electron chi connectivity index (χ1n) is 10.7. The van der Waals surface area contributed by atoms with Gasteiger partial charge < -0.3 is 18.8 Å². The van der Waals surface area contributed by atoms with Crippen LogP contribution in [0, 0.1) is 0 Å². The van der Waals surface area contributed by atoms with Crippen LogP contribution in [0.15, 0.2) is 87.5 Å². The van der Waals surface area contributed by atoms with Crippen LogP contribution in [0.3, 0.4) is 0 Å². The molecule has 3 aromatic carbocycles. The average molecular weight is 480 g/mol. The summed E-state index contributed by atoms with van der Waals surface area (Å²) in [7, 11) is -0.997. The Balaban J connectivity index is 1.88. The van der Waals surface area contributed by atoms with Gasteiger partial charge in [-0.2, -0.15) is 0 Å². The number of benzene rings is 3. The van der Waals surface area contributed by atoms with E-state index in [1.165, 1.54) is 25.4 Å². The lowest BCUT2D eigenvalue weighted by molar-refractivity contribution is 0.340. The highest BCUT2D eigenvalue weighted by Gasteiger charge is 2.24. The molecular formula is C26H25NO6S. The fraction of sp³-hybridized carbons (Fsp3) is 0.192. The predicted octanol–water partition coefficient (Wildman–Crippen LogP) is 4.30. The number of rotatable bonds is 8. The molecule has 0 aliphatic heterocycles. The van der Waals surface area contributed by atoms with Crippen molar-refractivity contribution in [1.82, 2.24) is 4.57 Å². The van der Waals surface area contributed by atoms with Gasteiger partial charge in [0.1, 0.15) is 22.1 Å². The molecular weight excluding hydrogens is 454 g/mol. The van der Waals surface area contributed by atoms with E-state index in [9.17, 15) is 13.2 Å². The first-order chi connectivity index (χ1) is 16.4. The number of aromatic nitrogens is 1. The highest BCUT2D eigenvalue weighted by molar-refractivity contribution is 7.91. The maximum absolute atomic E-state index is 13.5. The van der Waals surface area contributed by atoms with Crippen LogP contribution < -0.4 is 19.6 Å². The van der Waals surface area contributed by atoms with Gasteiger partial charge in [-0.15, -0.1) is 0 Å². The van der Waals surface area contributed by atoms with Crippen LogP contribution in [0.5, 0.6) is 17.2 Å². The summed E-state index contributed by atoms with van der Waals surface area (Å²) >= 11 is 0. The minimum absolute atomic E-state index is 0.0197. The molecule has 1 aromatic heterocycles. The molecule has 176 valence electrons. The Bertz CT molecular complexity index is 1470. The van der Waals surface area contributed by atoms with E-state index in [1.54, 1.807) is 42.0 Å². The third-order valence-electron chi connectivity index (χ3n) is 5.50. The molecule has 34 heavy (non-hydrogen) atoms. The van der Waals surface area contributed by atoms with Crippen molar-refractivity contribution in [2.75, 3.05) is 20.8 Å². The Hall–Kier alpha value is -3.78. The van der Waals surface area contributed by atoms with Crippen LogP contribution in [-0.4, -0.2) is 33.8 Å². The molecule has 0 saturated carbocycles. The monoisotopic (exact) mass is 479 g/mol. The van der Waals surface area contributed by atoms with Gasteiger partial charge in [0.15, 0.2) is 0 Å². The largest absolute Gasteiger partial charge is 0.497 e. The lowest BCUT2D eigenvalue weighted by atomic mass is 10.1. The second-order valence-electron chi connectivity index (χ2n) is 7.59. The lowest BCUT2D eigenvalue weighted by Crippen LogP contribution is -2.19. The normalized spacial score (nSPS) is 11.4. The van der Waals surface area contributed by atoms with E-state index in [1.807, 2.05) is 31.2 Å².